The number of fused-ring (bicyclic) bond motifs is 3. The zero-order valence-electron chi connectivity index (χ0n) is 14.5. The number of hydrogen-bond acceptors (Lipinski definition) is 0. The fraction of sp³-hybridized carbons (Fsp3) is 0.182. The van der Waals surface area contributed by atoms with E-state index in [2.05, 4.69) is 118 Å². The molecule has 4 aromatic rings. The van der Waals surface area contributed by atoms with Crippen molar-refractivity contribution in [3.63, 3.8) is 0 Å². The summed E-state index contributed by atoms with van der Waals surface area (Å²) in [7, 11) is 0. The van der Waals surface area contributed by atoms with Crippen molar-refractivity contribution in [3.8, 4) is 5.69 Å². The maximum absolute atomic E-state index is 3.79. The first-order chi connectivity index (χ1) is 11.9. The van der Waals surface area contributed by atoms with Crippen LogP contribution in [0.4, 0.5) is 0 Å². The summed E-state index contributed by atoms with van der Waals surface area (Å²) in [6.07, 6.45) is 0. The van der Waals surface area contributed by atoms with Crippen LogP contribution in [0.5, 0.6) is 0 Å². The van der Waals surface area contributed by atoms with Gasteiger partial charge in [0.1, 0.15) is 0 Å². The molecule has 126 valence electrons. The van der Waals surface area contributed by atoms with E-state index in [9.17, 15) is 0 Å². The van der Waals surface area contributed by atoms with Crippen molar-refractivity contribution >= 4 is 53.7 Å². The molecule has 0 atom stereocenters. The molecule has 0 bridgehead atoms. The maximum atomic E-state index is 3.79. The molecular weight excluding hydrogens is 438 g/mol. The highest BCUT2D eigenvalue weighted by atomic mass is 79.9. The van der Waals surface area contributed by atoms with Gasteiger partial charge in [0.05, 0.1) is 15.5 Å². The third-order valence-corrected chi connectivity index (χ3v) is 6.71. The third kappa shape index (κ3) is 2.74. The number of halogens is 2. The molecule has 0 aliphatic rings. The molecule has 3 aromatic carbocycles. The Labute approximate surface area is 164 Å². The summed E-state index contributed by atoms with van der Waals surface area (Å²) < 4.78 is 4.49. The van der Waals surface area contributed by atoms with Crippen molar-refractivity contribution in [1.29, 1.82) is 0 Å². The van der Waals surface area contributed by atoms with E-state index in [0.29, 0.717) is 0 Å². The molecule has 0 unspecified atom stereocenters. The molecule has 1 heterocycles. The van der Waals surface area contributed by atoms with Crippen LogP contribution in [0.3, 0.4) is 0 Å². The van der Waals surface area contributed by atoms with Gasteiger partial charge in [0.15, 0.2) is 0 Å². The first-order valence-electron chi connectivity index (χ1n) is 8.36. The van der Waals surface area contributed by atoms with Crippen LogP contribution in [0.15, 0.2) is 69.6 Å². The molecule has 1 nitrogen and oxygen atoms in total. The minimum Gasteiger partial charge on any atom is -0.308 e. The molecule has 0 amide bonds. The van der Waals surface area contributed by atoms with E-state index in [1.165, 1.54) is 33.1 Å². The number of nitrogens with zero attached hydrogens (tertiary/aromatic N) is 1. The summed E-state index contributed by atoms with van der Waals surface area (Å²) in [5, 5.41) is 2.52. The van der Waals surface area contributed by atoms with Gasteiger partial charge in [-0.2, -0.15) is 0 Å². The highest BCUT2D eigenvalue weighted by molar-refractivity contribution is 9.13. The summed E-state index contributed by atoms with van der Waals surface area (Å²) in [6, 6.07) is 21.8. The Hall–Kier alpha value is -1.58. The standard InChI is InChI=1S/C22H19Br2N/c1-22(2,3)14-8-10-15(11-9-14)25-19-7-5-4-6-16(19)17-12-13-18(23)20(24)21(17)25/h4-13H,1-3H3. The minimum absolute atomic E-state index is 0.156. The molecule has 0 spiro atoms. The summed E-state index contributed by atoms with van der Waals surface area (Å²) >= 11 is 7.44. The Bertz CT molecular complexity index is 1080. The lowest BCUT2D eigenvalue weighted by Crippen LogP contribution is -2.10. The average Bonchev–Trinajstić information content (AvgIpc) is 2.93. The molecular formula is C22H19Br2N. The van der Waals surface area contributed by atoms with Gasteiger partial charge in [0.25, 0.3) is 0 Å². The molecule has 0 N–H and O–H groups in total. The van der Waals surface area contributed by atoms with Crippen LogP contribution in [0.25, 0.3) is 27.5 Å². The van der Waals surface area contributed by atoms with E-state index in [-0.39, 0.29) is 5.41 Å². The molecule has 4 rings (SSSR count). The van der Waals surface area contributed by atoms with Crippen molar-refractivity contribution in [3.05, 3.63) is 75.2 Å². The second-order valence-corrected chi connectivity index (χ2v) is 9.05. The summed E-state index contributed by atoms with van der Waals surface area (Å²) in [4.78, 5) is 0. The molecule has 0 aliphatic carbocycles. The van der Waals surface area contributed by atoms with Gasteiger partial charge >= 0.3 is 0 Å². The molecule has 3 heteroatoms. The van der Waals surface area contributed by atoms with Crippen molar-refractivity contribution in [2.45, 2.75) is 26.2 Å². The van der Waals surface area contributed by atoms with Gasteiger partial charge in [0.2, 0.25) is 0 Å². The Morgan fingerprint density at radius 3 is 2.12 bits per heavy atom. The van der Waals surface area contributed by atoms with E-state index in [0.717, 1.165) is 8.95 Å². The number of para-hydroxylation sites is 1. The fourth-order valence-corrected chi connectivity index (χ4v) is 4.21. The lowest BCUT2D eigenvalue weighted by atomic mass is 9.87. The topological polar surface area (TPSA) is 4.93 Å². The van der Waals surface area contributed by atoms with Gasteiger partial charge in [0, 0.05) is 20.9 Å². The van der Waals surface area contributed by atoms with Gasteiger partial charge in [-0.05, 0) is 67.1 Å². The number of aromatic nitrogens is 1. The van der Waals surface area contributed by atoms with Crippen LogP contribution >= 0.6 is 31.9 Å². The average molecular weight is 457 g/mol. The Kier molecular flexibility index (Phi) is 4.04. The summed E-state index contributed by atoms with van der Waals surface area (Å²) in [5.41, 5.74) is 5.09. The van der Waals surface area contributed by atoms with Crippen LogP contribution in [-0.2, 0) is 5.41 Å². The normalized spacial score (nSPS) is 12.2. The van der Waals surface area contributed by atoms with Gasteiger partial charge in [-0.3, -0.25) is 0 Å². The van der Waals surface area contributed by atoms with E-state index in [1.807, 2.05) is 0 Å². The van der Waals surface area contributed by atoms with Crippen LogP contribution in [0.2, 0.25) is 0 Å². The van der Waals surface area contributed by atoms with Gasteiger partial charge in [-0.1, -0.05) is 57.2 Å². The zero-order chi connectivity index (χ0) is 17.8. The van der Waals surface area contributed by atoms with Gasteiger partial charge in [-0.15, -0.1) is 0 Å². The van der Waals surface area contributed by atoms with Crippen molar-refractivity contribution < 1.29 is 0 Å². The fourth-order valence-electron chi connectivity index (χ4n) is 3.37. The summed E-state index contributed by atoms with van der Waals surface area (Å²) in [5.74, 6) is 0. The smallest absolute Gasteiger partial charge is 0.0694 e. The predicted molar refractivity (Wildman–Crippen MR) is 115 cm³/mol. The second-order valence-electron chi connectivity index (χ2n) is 7.41. The molecule has 25 heavy (non-hydrogen) atoms. The van der Waals surface area contributed by atoms with Crippen LogP contribution in [-0.4, -0.2) is 4.57 Å². The SMILES string of the molecule is CC(C)(C)c1ccc(-n2c3ccccc3c3ccc(Br)c(Br)c32)cc1. The second kappa shape index (κ2) is 6.00. The quantitative estimate of drug-likeness (QED) is 0.277. The van der Waals surface area contributed by atoms with Crippen molar-refractivity contribution in [2.24, 2.45) is 0 Å². The molecule has 0 aliphatic heterocycles. The highest BCUT2D eigenvalue weighted by Crippen LogP contribution is 2.39. The molecule has 1 aromatic heterocycles. The monoisotopic (exact) mass is 455 g/mol. The lowest BCUT2D eigenvalue weighted by molar-refractivity contribution is 0.590. The van der Waals surface area contributed by atoms with Crippen LogP contribution in [0.1, 0.15) is 26.3 Å². The largest absolute Gasteiger partial charge is 0.308 e. The van der Waals surface area contributed by atoms with Crippen molar-refractivity contribution in [2.75, 3.05) is 0 Å². The minimum atomic E-state index is 0.156. The first-order valence-corrected chi connectivity index (χ1v) is 9.94. The number of hydrogen-bond donors (Lipinski definition) is 0. The van der Waals surface area contributed by atoms with E-state index < -0.39 is 0 Å². The number of benzene rings is 3. The maximum Gasteiger partial charge on any atom is 0.0694 e. The van der Waals surface area contributed by atoms with Gasteiger partial charge in [-0.25, -0.2) is 0 Å². The first kappa shape index (κ1) is 16.9. The zero-order valence-corrected chi connectivity index (χ0v) is 17.6. The predicted octanol–water partition coefficient (Wildman–Crippen LogP) is 7.61. The van der Waals surface area contributed by atoms with E-state index in [4.69, 9.17) is 0 Å². The highest BCUT2D eigenvalue weighted by Gasteiger charge is 2.17. The van der Waals surface area contributed by atoms with Crippen LogP contribution in [0, 0.1) is 0 Å². The van der Waals surface area contributed by atoms with Gasteiger partial charge < -0.3 is 4.57 Å². The summed E-state index contributed by atoms with van der Waals surface area (Å²) in [6.45, 7) is 6.74. The third-order valence-electron chi connectivity index (χ3n) is 4.72. The van der Waals surface area contributed by atoms with E-state index >= 15 is 0 Å². The van der Waals surface area contributed by atoms with E-state index in [1.54, 1.807) is 0 Å². The van der Waals surface area contributed by atoms with Crippen molar-refractivity contribution in [1.82, 2.24) is 4.57 Å². The lowest BCUT2D eigenvalue weighted by Gasteiger charge is -2.19. The Balaban J connectivity index is 2.07. The number of rotatable bonds is 1. The molecule has 0 fully saturated rings. The molecule has 0 radical (unpaired) electrons. The Morgan fingerprint density at radius 1 is 0.760 bits per heavy atom. The Morgan fingerprint density at radius 2 is 1.44 bits per heavy atom. The molecule has 0 saturated carbocycles. The van der Waals surface area contributed by atoms with Crippen LogP contribution < -0.4 is 0 Å². The molecule has 0 saturated heterocycles.